The molecule has 0 aliphatic carbocycles. The van der Waals surface area contributed by atoms with Gasteiger partial charge in [-0.2, -0.15) is 0 Å². The summed E-state index contributed by atoms with van der Waals surface area (Å²) >= 11 is 0. The van der Waals surface area contributed by atoms with Gasteiger partial charge in [-0.05, 0) is 80.9 Å². The van der Waals surface area contributed by atoms with Gasteiger partial charge in [0.15, 0.2) is 0 Å². The fourth-order valence-electron chi connectivity index (χ4n) is 4.57. The average molecular weight is 516 g/mol. The number of carbonyl (C=O) groups is 2. The van der Waals surface area contributed by atoms with Crippen molar-refractivity contribution in [3.63, 3.8) is 0 Å². The highest BCUT2D eigenvalue weighted by atomic mass is 16.5. The molecule has 3 N–H and O–H groups in total. The summed E-state index contributed by atoms with van der Waals surface area (Å²) in [6.45, 7) is 6.56. The van der Waals surface area contributed by atoms with Gasteiger partial charge in [0.2, 0.25) is 0 Å². The quantitative estimate of drug-likeness (QED) is 0.439. The third kappa shape index (κ3) is 6.48. The first-order valence-corrected chi connectivity index (χ1v) is 13.0. The molecule has 1 aromatic heterocycles. The Morgan fingerprint density at radius 2 is 1.74 bits per heavy atom. The van der Waals surface area contributed by atoms with Gasteiger partial charge in [0.25, 0.3) is 11.8 Å². The van der Waals surface area contributed by atoms with Crippen molar-refractivity contribution in [2.24, 2.45) is 0 Å². The maximum Gasteiger partial charge on any atom is 0.255 e. The van der Waals surface area contributed by atoms with Gasteiger partial charge in [-0.3, -0.25) is 9.59 Å². The van der Waals surface area contributed by atoms with Crippen LogP contribution in [0, 0.1) is 6.92 Å². The van der Waals surface area contributed by atoms with Crippen molar-refractivity contribution in [1.82, 2.24) is 10.3 Å². The molecule has 198 valence electrons. The topological polar surface area (TPSA) is 105 Å². The lowest BCUT2D eigenvalue weighted by Gasteiger charge is -2.27. The lowest BCUT2D eigenvalue weighted by Crippen LogP contribution is -2.36. The molecule has 5 rings (SSSR count). The zero-order chi connectivity index (χ0) is 26.3. The molecular formula is C29H33N5O4. The molecule has 0 radical (unpaired) electrons. The molecule has 9 heteroatoms. The number of anilines is 3. The number of aromatic nitrogens is 1. The molecule has 0 unspecified atom stereocenters. The van der Waals surface area contributed by atoms with Crippen molar-refractivity contribution in [3.05, 3.63) is 77.5 Å². The van der Waals surface area contributed by atoms with Crippen LogP contribution in [0.1, 0.15) is 39.1 Å². The summed E-state index contributed by atoms with van der Waals surface area (Å²) in [6, 6.07) is 16.2. The molecule has 2 aromatic carbocycles. The largest absolute Gasteiger partial charge is 0.490 e. The Hall–Kier alpha value is -3.95. The number of amides is 2. The summed E-state index contributed by atoms with van der Waals surface area (Å²) in [7, 11) is 0. The highest BCUT2D eigenvalue weighted by Gasteiger charge is 2.17. The number of benzene rings is 2. The Morgan fingerprint density at radius 3 is 2.55 bits per heavy atom. The first-order chi connectivity index (χ1) is 18.5. The highest BCUT2D eigenvalue weighted by Crippen LogP contribution is 2.24. The van der Waals surface area contributed by atoms with Crippen molar-refractivity contribution in [3.8, 4) is 5.75 Å². The van der Waals surface area contributed by atoms with Gasteiger partial charge in [-0.15, -0.1) is 0 Å². The molecule has 2 aliphatic heterocycles. The van der Waals surface area contributed by atoms with Crippen LogP contribution < -0.4 is 25.6 Å². The molecule has 0 bridgehead atoms. The molecule has 2 amide bonds. The van der Waals surface area contributed by atoms with E-state index in [4.69, 9.17) is 9.47 Å². The first-order valence-electron chi connectivity index (χ1n) is 13.0. The summed E-state index contributed by atoms with van der Waals surface area (Å²) < 4.78 is 11.5. The minimum absolute atomic E-state index is 0.155. The van der Waals surface area contributed by atoms with Crippen molar-refractivity contribution in [2.45, 2.75) is 25.9 Å². The van der Waals surface area contributed by atoms with Gasteiger partial charge in [0.1, 0.15) is 17.7 Å². The van der Waals surface area contributed by atoms with Crippen LogP contribution in [0.5, 0.6) is 5.75 Å². The van der Waals surface area contributed by atoms with E-state index in [9.17, 15) is 9.59 Å². The Morgan fingerprint density at radius 1 is 0.974 bits per heavy atom. The maximum absolute atomic E-state index is 13.1. The van der Waals surface area contributed by atoms with E-state index in [0.717, 1.165) is 50.4 Å². The van der Waals surface area contributed by atoms with E-state index < -0.39 is 0 Å². The lowest BCUT2D eigenvalue weighted by atomic mass is 10.1. The number of piperidine rings is 1. The van der Waals surface area contributed by atoms with Gasteiger partial charge >= 0.3 is 0 Å². The van der Waals surface area contributed by atoms with Gasteiger partial charge in [0, 0.05) is 41.8 Å². The second-order valence-corrected chi connectivity index (χ2v) is 9.54. The summed E-state index contributed by atoms with van der Waals surface area (Å²) in [6.07, 6.45) is 3.69. The van der Waals surface area contributed by atoms with E-state index in [1.165, 1.54) is 0 Å². The fourth-order valence-corrected chi connectivity index (χ4v) is 4.57. The van der Waals surface area contributed by atoms with E-state index in [0.29, 0.717) is 41.5 Å². The second kappa shape index (κ2) is 12.1. The third-order valence-corrected chi connectivity index (χ3v) is 6.77. The number of hydrogen-bond donors (Lipinski definition) is 3. The molecule has 3 aromatic rings. The predicted molar refractivity (Wildman–Crippen MR) is 147 cm³/mol. The SMILES string of the molecule is Cc1ccc(NC(=O)c2ccnc(N3CCOCC3)c2)cc1NC(=O)c1cccc(OC2CCNCC2)c1. The van der Waals surface area contributed by atoms with Crippen LogP contribution in [0.3, 0.4) is 0 Å². The number of pyridine rings is 1. The number of rotatable bonds is 7. The number of nitrogens with one attached hydrogen (secondary N) is 3. The molecule has 3 heterocycles. The van der Waals surface area contributed by atoms with Crippen LogP contribution in [-0.4, -0.2) is 62.3 Å². The fraction of sp³-hybridized carbons (Fsp3) is 0.345. The summed E-state index contributed by atoms with van der Waals surface area (Å²) in [5, 5.41) is 9.24. The summed E-state index contributed by atoms with van der Waals surface area (Å²) in [5.41, 5.74) is 3.12. The predicted octanol–water partition coefficient (Wildman–Crippen LogP) is 3.86. The van der Waals surface area contributed by atoms with Crippen molar-refractivity contribution in [1.29, 1.82) is 0 Å². The highest BCUT2D eigenvalue weighted by molar-refractivity contribution is 6.07. The maximum atomic E-state index is 13.1. The van der Waals surface area contributed by atoms with E-state index in [1.807, 2.05) is 31.2 Å². The Bertz CT molecular complexity index is 1290. The monoisotopic (exact) mass is 515 g/mol. The number of carbonyl (C=O) groups excluding carboxylic acids is 2. The van der Waals surface area contributed by atoms with Crippen molar-refractivity contribution < 1.29 is 19.1 Å². The zero-order valence-corrected chi connectivity index (χ0v) is 21.5. The van der Waals surface area contributed by atoms with Crippen LogP contribution in [0.4, 0.5) is 17.2 Å². The first kappa shape index (κ1) is 25.7. The Balaban J connectivity index is 1.24. The number of hydrogen-bond acceptors (Lipinski definition) is 7. The normalized spacial score (nSPS) is 16.1. The second-order valence-electron chi connectivity index (χ2n) is 9.54. The molecule has 0 atom stereocenters. The van der Waals surface area contributed by atoms with Crippen LogP contribution in [0.25, 0.3) is 0 Å². The van der Waals surface area contributed by atoms with E-state index in [1.54, 1.807) is 36.5 Å². The van der Waals surface area contributed by atoms with Crippen molar-refractivity contribution >= 4 is 29.0 Å². The molecule has 38 heavy (non-hydrogen) atoms. The number of aryl methyl sites for hydroxylation is 1. The Kier molecular flexibility index (Phi) is 8.15. The lowest BCUT2D eigenvalue weighted by molar-refractivity contribution is 0.101. The van der Waals surface area contributed by atoms with E-state index >= 15 is 0 Å². The van der Waals surface area contributed by atoms with Crippen LogP contribution >= 0.6 is 0 Å². The van der Waals surface area contributed by atoms with Gasteiger partial charge in [0.05, 0.1) is 13.2 Å². The molecule has 2 saturated heterocycles. The molecule has 2 aliphatic rings. The minimum Gasteiger partial charge on any atom is -0.490 e. The average Bonchev–Trinajstić information content (AvgIpc) is 2.96. The zero-order valence-electron chi connectivity index (χ0n) is 21.5. The Labute approximate surface area is 222 Å². The molecule has 2 fully saturated rings. The standard InChI is InChI=1S/C29H33N5O4/c1-20-5-6-23(32-28(35)22-7-12-31-27(18-22)34-13-15-37-16-14-34)19-26(20)33-29(36)21-3-2-4-25(17-21)38-24-8-10-30-11-9-24/h2-7,12,17-19,24,30H,8-11,13-16H2,1H3,(H,32,35)(H,33,36). The number of nitrogens with zero attached hydrogens (tertiary/aromatic N) is 2. The van der Waals surface area contributed by atoms with Crippen LogP contribution in [0.15, 0.2) is 60.8 Å². The molecular weight excluding hydrogens is 482 g/mol. The number of ether oxygens (including phenoxy) is 2. The smallest absolute Gasteiger partial charge is 0.255 e. The molecule has 9 nitrogen and oxygen atoms in total. The number of morpholine rings is 1. The minimum atomic E-state index is -0.245. The third-order valence-electron chi connectivity index (χ3n) is 6.77. The van der Waals surface area contributed by atoms with E-state index in [-0.39, 0.29) is 17.9 Å². The van der Waals surface area contributed by atoms with Crippen molar-refractivity contribution in [2.75, 3.05) is 54.9 Å². The molecule has 0 spiro atoms. The summed E-state index contributed by atoms with van der Waals surface area (Å²) in [5.74, 6) is 0.961. The van der Waals surface area contributed by atoms with Crippen LogP contribution in [-0.2, 0) is 4.74 Å². The van der Waals surface area contributed by atoms with Gasteiger partial charge < -0.3 is 30.3 Å². The van der Waals surface area contributed by atoms with Gasteiger partial charge in [-0.1, -0.05) is 12.1 Å². The van der Waals surface area contributed by atoms with Gasteiger partial charge in [-0.25, -0.2) is 4.98 Å². The summed E-state index contributed by atoms with van der Waals surface area (Å²) in [4.78, 5) is 32.6. The van der Waals surface area contributed by atoms with Crippen LogP contribution in [0.2, 0.25) is 0 Å². The molecule has 0 saturated carbocycles. The van der Waals surface area contributed by atoms with E-state index in [2.05, 4.69) is 25.8 Å².